The van der Waals surface area contributed by atoms with Gasteiger partial charge in [-0.1, -0.05) is 11.6 Å². The molecule has 0 radical (unpaired) electrons. The topological polar surface area (TPSA) is 110 Å². The third kappa shape index (κ3) is 3.55. The number of esters is 1. The summed E-state index contributed by atoms with van der Waals surface area (Å²) >= 11 is 11.6. The number of nitrogens with zero attached hydrogens (tertiary/aromatic N) is 1. The second kappa shape index (κ2) is 6.99. The molecule has 1 N–H and O–H groups in total. The van der Waals surface area contributed by atoms with Gasteiger partial charge >= 0.3 is 5.97 Å². The Bertz CT molecular complexity index is 897. The van der Waals surface area contributed by atoms with Crippen LogP contribution in [0, 0.1) is 11.7 Å². The molecule has 0 aliphatic carbocycles. The molecule has 2 atom stereocenters. The monoisotopic (exact) mass is 411 g/mol. The first-order chi connectivity index (χ1) is 11.5. The van der Waals surface area contributed by atoms with E-state index in [-0.39, 0.29) is 18.0 Å². The van der Waals surface area contributed by atoms with Gasteiger partial charge in [0.1, 0.15) is 4.90 Å². The van der Waals surface area contributed by atoms with E-state index in [1.165, 1.54) is 13.8 Å². The predicted molar refractivity (Wildman–Crippen MR) is 88.1 cm³/mol. The fraction of sp³-hybridized carbons (Fsp3) is 0.357. The molecule has 1 aliphatic rings. The van der Waals surface area contributed by atoms with E-state index in [0.29, 0.717) is 0 Å². The molecule has 0 saturated carbocycles. The fourth-order valence-electron chi connectivity index (χ4n) is 2.41. The second-order valence-corrected chi connectivity index (χ2v) is 7.49. The van der Waals surface area contributed by atoms with E-state index in [9.17, 15) is 27.0 Å². The molecule has 1 aromatic rings. The molecule has 0 bridgehead atoms. The summed E-state index contributed by atoms with van der Waals surface area (Å²) < 4.78 is 51.4. The number of aliphatic imine (C=N–C) groups is 1. The molecular weight excluding hydrogens is 400 g/mol. The number of halogens is 3. The van der Waals surface area contributed by atoms with E-state index in [0.717, 1.165) is 6.07 Å². The van der Waals surface area contributed by atoms with Crippen molar-refractivity contribution in [1.29, 1.82) is 0 Å². The number of hydrogen-bond acceptors (Lipinski definition) is 6. The van der Waals surface area contributed by atoms with Crippen molar-refractivity contribution < 1.29 is 31.7 Å². The first-order valence-corrected chi connectivity index (χ1v) is 9.19. The van der Waals surface area contributed by atoms with E-state index >= 15 is 0 Å². The van der Waals surface area contributed by atoms with Crippen LogP contribution in [0.5, 0.6) is 0 Å². The predicted octanol–water partition coefficient (Wildman–Crippen LogP) is 2.80. The molecule has 0 saturated heterocycles. The number of carbonyl (C=O) groups is 2. The molecule has 0 amide bonds. The number of alkyl halides is 1. The zero-order valence-corrected chi connectivity index (χ0v) is 15.2. The highest BCUT2D eigenvalue weighted by molar-refractivity contribution is 7.86. The molecule has 1 aliphatic heterocycles. The van der Waals surface area contributed by atoms with Crippen LogP contribution >= 0.6 is 23.2 Å². The molecule has 11 heteroatoms. The highest BCUT2D eigenvalue weighted by atomic mass is 35.5. The Balaban J connectivity index is 2.86. The minimum Gasteiger partial charge on any atom is -0.465 e. The highest BCUT2D eigenvalue weighted by Gasteiger charge is 2.44. The van der Waals surface area contributed by atoms with Crippen molar-refractivity contribution in [2.75, 3.05) is 6.61 Å². The molecule has 0 aromatic heterocycles. The summed E-state index contributed by atoms with van der Waals surface area (Å²) in [6.45, 7) is 2.89. The number of fused-ring (bicyclic) bond motifs is 1. The average Bonchev–Trinajstić information content (AvgIpc) is 2.47. The number of ketones is 1. The average molecular weight is 412 g/mol. The third-order valence-electron chi connectivity index (χ3n) is 3.40. The van der Waals surface area contributed by atoms with Gasteiger partial charge in [-0.05, 0) is 19.9 Å². The van der Waals surface area contributed by atoms with E-state index < -0.39 is 54.5 Å². The summed E-state index contributed by atoms with van der Waals surface area (Å²) in [6, 6.07) is 0.916. The Morgan fingerprint density at radius 3 is 2.60 bits per heavy atom. The summed E-state index contributed by atoms with van der Waals surface area (Å²) in [6.07, 6.45) is 0. The second-order valence-electron chi connectivity index (χ2n) is 5.07. The van der Waals surface area contributed by atoms with Crippen LogP contribution in [-0.2, 0) is 19.6 Å². The Labute approximate surface area is 152 Å². The molecule has 2 unspecified atom stereocenters. The number of Topliss-reactive ketones (excluding diaryl/α,β-unsaturated/α-hetero) is 1. The fourth-order valence-corrected chi connectivity index (χ4v) is 3.64. The summed E-state index contributed by atoms with van der Waals surface area (Å²) in [4.78, 5) is 27.5. The van der Waals surface area contributed by atoms with Gasteiger partial charge in [0, 0.05) is 0 Å². The van der Waals surface area contributed by atoms with Crippen molar-refractivity contribution in [3.63, 3.8) is 0 Å². The van der Waals surface area contributed by atoms with Crippen molar-refractivity contribution in [1.82, 2.24) is 0 Å². The van der Waals surface area contributed by atoms with Gasteiger partial charge in [-0.3, -0.25) is 19.1 Å². The summed E-state index contributed by atoms with van der Waals surface area (Å²) in [5.74, 6) is -5.28. The first-order valence-electron chi connectivity index (χ1n) is 6.93. The Morgan fingerprint density at radius 2 is 2.12 bits per heavy atom. The Morgan fingerprint density at radius 1 is 1.52 bits per heavy atom. The molecule has 1 aromatic carbocycles. The quantitative estimate of drug-likeness (QED) is 0.353. The molecule has 1 heterocycles. The minimum absolute atomic E-state index is 0.0560. The zero-order valence-electron chi connectivity index (χ0n) is 12.9. The van der Waals surface area contributed by atoms with Crippen molar-refractivity contribution in [2.45, 2.75) is 24.1 Å². The standard InChI is InChI=1S/C14H12Cl2FNO6S/c1-3-24-14(20)9-11(5(2)15)18-7-4-6(16)10(17)13(25(21,22)23)8(7)12(9)19/h4-5,9H,3H2,1-2H3,(H,21,22,23). The van der Waals surface area contributed by atoms with E-state index in [4.69, 9.17) is 27.9 Å². The van der Waals surface area contributed by atoms with Crippen LogP contribution in [0.25, 0.3) is 0 Å². The van der Waals surface area contributed by atoms with Crippen LogP contribution in [-0.4, -0.2) is 42.4 Å². The maximum absolute atomic E-state index is 14.2. The van der Waals surface area contributed by atoms with Crippen LogP contribution in [0.4, 0.5) is 10.1 Å². The summed E-state index contributed by atoms with van der Waals surface area (Å²) in [7, 11) is -5.16. The molecule has 7 nitrogen and oxygen atoms in total. The van der Waals surface area contributed by atoms with Crippen LogP contribution in [0.3, 0.4) is 0 Å². The van der Waals surface area contributed by atoms with Gasteiger partial charge in [-0.2, -0.15) is 8.42 Å². The maximum Gasteiger partial charge on any atom is 0.322 e. The number of carbonyl (C=O) groups excluding carboxylic acids is 2. The Kier molecular flexibility index (Phi) is 5.53. The van der Waals surface area contributed by atoms with Crippen molar-refractivity contribution in [3.05, 3.63) is 22.5 Å². The van der Waals surface area contributed by atoms with Gasteiger partial charge in [-0.15, -0.1) is 11.6 Å². The van der Waals surface area contributed by atoms with Crippen LogP contribution in [0.15, 0.2) is 16.0 Å². The normalized spacial score (nSPS) is 18.4. The molecule has 0 spiro atoms. The number of hydrogen-bond donors (Lipinski definition) is 1. The zero-order chi connectivity index (χ0) is 19.1. The lowest BCUT2D eigenvalue weighted by Gasteiger charge is -2.25. The van der Waals surface area contributed by atoms with Crippen molar-refractivity contribution >= 4 is 56.5 Å². The largest absolute Gasteiger partial charge is 0.465 e. The van der Waals surface area contributed by atoms with Gasteiger partial charge in [0.2, 0.25) is 0 Å². The van der Waals surface area contributed by atoms with Crippen LogP contribution in [0.2, 0.25) is 5.02 Å². The van der Waals surface area contributed by atoms with Gasteiger partial charge in [-0.25, -0.2) is 4.39 Å². The van der Waals surface area contributed by atoms with Gasteiger partial charge in [0.15, 0.2) is 17.5 Å². The molecular formula is C14H12Cl2FNO6S. The van der Waals surface area contributed by atoms with Crippen molar-refractivity contribution in [2.24, 2.45) is 10.9 Å². The number of rotatable bonds is 4. The highest BCUT2D eigenvalue weighted by Crippen LogP contribution is 2.39. The van der Waals surface area contributed by atoms with Gasteiger partial charge < -0.3 is 4.74 Å². The van der Waals surface area contributed by atoms with Crippen molar-refractivity contribution in [3.8, 4) is 0 Å². The van der Waals surface area contributed by atoms with E-state index in [2.05, 4.69) is 4.99 Å². The molecule has 0 fully saturated rings. The van der Waals surface area contributed by atoms with E-state index in [1.54, 1.807) is 0 Å². The maximum atomic E-state index is 14.2. The minimum atomic E-state index is -5.16. The smallest absolute Gasteiger partial charge is 0.322 e. The summed E-state index contributed by atoms with van der Waals surface area (Å²) in [5, 5.41) is -1.55. The summed E-state index contributed by atoms with van der Waals surface area (Å²) in [5.41, 5.74) is -1.18. The van der Waals surface area contributed by atoms with Crippen LogP contribution < -0.4 is 0 Å². The number of benzene rings is 1. The lowest BCUT2D eigenvalue weighted by molar-refractivity contribution is -0.144. The lowest BCUT2D eigenvalue weighted by atomic mass is 9.87. The van der Waals surface area contributed by atoms with Crippen LogP contribution in [0.1, 0.15) is 24.2 Å². The molecule has 136 valence electrons. The lowest BCUT2D eigenvalue weighted by Crippen LogP contribution is -2.40. The SMILES string of the molecule is CCOC(=O)C1C(=O)c2c(cc(Cl)c(F)c2S(=O)(=O)O)N=C1C(C)Cl. The van der Waals surface area contributed by atoms with E-state index in [1.807, 2.05) is 0 Å². The first kappa shape index (κ1) is 19.8. The number of ether oxygens (including phenoxy) is 1. The van der Waals surface area contributed by atoms with Gasteiger partial charge in [0.05, 0.1) is 34.0 Å². The molecule has 2 rings (SSSR count). The third-order valence-corrected chi connectivity index (χ3v) is 4.80. The Hall–Kier alpha value is -1.55. The van der Waals surface area contributed by atoms with Gasteiger partial charge in [0.25, 0.3) is 10.1 Å². The molecule has 25 heavy (non-hydrogen) atoms.